The Balaban J connectivity index is 3.97. The van der Waals surface area contributed by atoms with Gasteiger partial charge in [-0.3, -0.25) is 0 Å². The molecule has 0 radical (unpaired) electrons. The van der Waals surface area contributed by atoms with E-state index in [9.17, 15) is 0 Å². The SMILES string of the molecule is CCCCN(CCC)C(CC)CCC. The third-order valence-electron chi connectivity index (χ3n) is 2.92. The molecule has 1 heteroatoms. The van der Waals surface area contributed by atoms with Crippen molar-refractivity contribution in [1.29, 1.82) is 0 Å². The molecule has 0 amide bonds. The molecule has 0 saturated carbocycles. The Bertz CT molecular complexity index is 112. The molecule has 86 valence electrons. The molecule has 0 saturated heterocycles. The molecule has 0 aliphatic carbocycles. The fourth-order valence-electron chi connectivity index (χ4n) is 2.10. The van der Waals surface area contributed by atoms with Gasteiger partial charge in [0.25, 0.3) is 0 Å². The molecule has 0 heterocycles. The number of rotatable bonds is 9. The van der Waals surface area contributed by atoms with E-state index in [4.69, 9.17) is 0 Å². The van der Waals surface area contributed by atoms with Gasteiger partial charge in [-0.25, -0.2) is 0 Å². The Morgan fingerprint density at radius 1 is 0.857 bits per heavy atom. The summed E-state index contributed by atoms with van der Waals surface area (Å²) in [6.07, 6.45) is 8.00. The molecule has 1 nitrogen and oxygen atoms in total. The topological polar surface area (TPSA) is 3.24 Å². The molecule has 0 fully saturated rings. The smallest absolute Gasteiger partial charge is 0.00925 e. The number of nitrogens with zero attached hydrogens (tertiary/aromatic N) is 1. The van der Waals surface area contributed by atoms with E-state index in [-0.39, 0.29) is 0 Å². The van der Waals surface area contributed by atoms with Gasteiger partial charge in [-0.2, -0.15) is 0 Å². The Morgan fingerprint density at radius 3 is 2.00 bits per heavy atom. The van der Waals surface area contributed by atoms with Gasteiger partial charge in [0, 0.05) is 6.04 Å². The minimum atomic E-state index is 0.839. The summed E-state index contributed by atoms with van der Waals surface area (Å²) in [5, 5.41) is 0. The predicted octanol–water partition coefficient (Wildman–Crippen LogP) is 4.08. The monoisotopic (exact) mass is 199 g/mol. The molecule has 0 aliphatic heterocycles. The third-order valence-corrected chi connectivity index (χ3v) is 2.92. The molecule has 0 aromatic carbocycles. The summed E-state index contributed by atoms with van der Waals surface area (Å²) in [5.74, 6) is 0. The lowest BCUT2D eigenvalue weighted by atomic mass is 10.1. The molecule has 14 heavy (non-hydrogen) atoms. The first-order valence-electron chi connectivity index (χ1n) is 6.54. The second kappa shape index (κ2) is 9.51. The number of unbranched alkanes of at least 4 members (excludes halogenated alkanes) is 1. The lowest BCUT2D eigenvalue weighted by Crippen LogP contribution is -2.36. The molecule has 0 N–H and O–H groups in total. The second-order valence-corrected chi connectivity index (χ2v) is 4.24. The van der Waals surface area contributed by atoms with Crippen LogP contribution in [0.4, 0.5) is 0 Å². The molecule has 0 bridgehead atoms. The highest BCUT2D eigenvalue weighted by molar-refractivity contribution is 4.69. The van der Waals surface area contributed by atoms with Crippen molar-refractivity contribution >= 4 is 0 Å². The lowest BCUT2D eigenvalue weighted by molar-refractivity contribution is 0.178. The van der Waals surface area contributed by atoms with Gasteiger partial charge in [0.2, 0.25) is 0 Å². The van der Waals surface area contributed by atoms with Gasteiger partial charge >= 0.3 is 0 Å². The van der Waals surface area contributed by atoms with E-state index >= 15 is 0 Å². The quantitative estimate of drug-likeness (QED) is 0.541. The largest absolute Gasteiger partial charge is 0.300 e. The van der Waals surface area contributed by atoms with Gasteiger partial charge in [-0.1, -0.05) is 40.5 Å². The normalized spacial score (nSPS) is 13.5. The molecule has 1 atom stereocenters. The molecule has 0 aromatic rings. The molecule has 1 unspecified atom stereocenters. The zero-order chi connectivity index (χ0) is 10.8. The highest BCUT2D eigenvalue weighted by atomic mass is 15.1. The minimum absolute atomic E-state index is 0.839. The summed E-state index contributed by atoms with van der Waals surface area (Å²) in [4.78, 5) is 2.70. The van der Waals surface area contributed by atoms with Crippen LogP contribution in [0, 0.1) is 0 Å². The number of hydrogen-bond donors (Lipinski definition) is 0. The molecule has 0 aliphatic rings. The first-order chi connectivity index (χ1) is 6.79. The third kappa shape index (κ3) is 5.64. The van der Waals surface area contributed by atoms with Crippen LogP contribution in [0.15, 0.2) is 0 Å². The van der Waals surface area contributed by atoms with Crippen LogP contribution in [0.1, 0.15) is 66.2 Å². The van der Waals surface area contributed by atoms with Crippen molar-refractivity contribution in [2.45, 2.75) is 72.3 Å². The predicted molar refractivity (Wildman–Crippen MR) is 65.8 cm³/mol. The van der Waals surface area contributed by atoms with Crippen LogP contribution >= 0.6 is 0 Å². The highest BCUT2D eigenvalue weighted by Gasteiger charge is 2.13. The van der Waals surface area contributed by atoms with Crippen molar-refractivity contribution in [2.24, 2.45) is 0 Å². The van der Waals surface area contributed by atoms with Gasteiger partial charge in [0.05, 0.1) is 0 Å². The molecule has 0 spiro atoms. The van der Waals surface area contributed by atoms with Gasteiger partial charge in [0.1, 0.15) is 0 Å². The van der Waals surface area contributed by atoms with E-state index in [2.05, 4.69) is 32.6 Å². The van der Waals surface area contributed by atoms with Gasteiger partial charge in [0.15, 0.2) is 0 Å². The van der Waals surface area contributed by atoms with E-state index in [1.807, 2.05) is 0 Å². The number of hydrogen-bond acceptors (Lipinski definition) is 1. The van der Waals surface area contributed by atoms with Crippen molar-refractivity contribution < 1.29 is 0 Å². The zero-order valence-electron chi connectivity index (χ0n) is 10.7. The van der Waals surface area contributed by atoms with Gasteiger partial charge < -0.3 is 4.90 Å². The van der Waals surface area contributed by atoms with Crippen LogP contribution in [0.2, 0.25) is 0 Å². The maximum absolute atomic E-state index is 2.70. The summed E-state index contributed by atoms with van der Waals surface area (Å²) in [7, 11) is 0. The first kappa shape index (κ1) is 14.0. The lowest BCUT2D eigenvalue weighted by Gasteiger charge is -2.30. The molecular weight excluding hydrogens is 170 g/mol. The van der Waals surface area contributed by atoms with Crippen LogP contribution in [-0.2, 0) is 0 Å². The Hall–Kier alpha value is -0.0400. The average molecular weight is 199 g/mol. The van der Waals surface area contributed by atoms with Crippen molar-refractivity contribution in [3.63, 3.8) is 0 Å². The Morgan fingerprint density at radius 2 is 1.57 bits per heavy atom. The summed E-state index contributed by atoms with van der Waals surface area (Å²) in [5.41, 5.74) is 0. The van der Waals surface area contributed by atoms with Crippen LogP contribution in [0.3, 0.4) is 0 Å². The summed E-state index contributed by atoms with van der Waals surface area (Å²) in [6.45, 7) is 11.8. The van der Waals surface area contributed by atoms with E-state index in [1.165, 1.54) is 51.6 Å². The van der Waals surface area contributed by atoms with Crippen molar-refractivity contribution in [1.82, 2.24) is 4.90 Å². The van der Waals surface area contributed by atoms with Crippen LogP contribution in [0.25, 0.3) is 0 Å². The maximum Gasteiger partial charge on any atom is 0.00925 e. The Kier molecular flexibility index (Phi) is 9.49. The Labute approximate surface area is 90.9 Å². The molecule has 0 rings (SSSR count). The van der Waals surface area contributed by atoms with Gasteiger partial charge in [-0.05, 0) is 38.8 Å². The minimum Gasteiger partial charge on any atom is -0.300 e. The maximum atomic E-state index is 2.70. The standard InChI is InChI=1S/C13H29N/c1-5-9-12-14(11-7-3)13(8-4)10-6-2/h13H,5-12H2,1-4H3. The fourth-order valence-corrected chi connectivity index (χ4v) is 2.10. The zero-order valence-corrected chi connectivity index (χ0v) is 10.7. The fraction of sp³-hybridized carbons (Fsp3) is 1.00. The van der Waals surface area contributed by atoms with Crippen molar-refractivity contribution in [3.8, 4) is 0 Å². The van der Waals surface area contributed by atoms with Crippen LogP contribution in [0.5, 0.6) is 0 Å². The summed E-state index contributed by atoms with van der Waals surface area (Å²) >= 11 is 0. The van der Waals surface area contributed by atoms with E-state index in [0.717, 1.165) is 6.04 Å². The summed E-state index contributed by atoms with van der Waals surface area (Å²) < 4.78 is 0. The molecular formula is C13H29N. The van der Waals surface area contributed by atoms with E-state index in [1.54, 1.807) is 0 Å². The van der Waals surface area contributed by atoms with Crippen LogP contribution in [-0.4, -0.2) is 24.0 Å². The molecule has 0 aromatic heterocycles. The van der Waals surface area contributed by atoms with E-state index < -0.39 is 0 Å². The van der Waals surface area contributed by atoms with E-state index in [0.29, 0.717) is 0 Å². The second-order valence-electron chi connectivity index (χ2n) is 4.24. The van der Waals surface area contributed by atoms with Crippen LogP contribution < -0.4 is 0 Å². The van der Waals surface area contributed by atoms with Crippen molar-refractivity contribution in [3.05, 3.63) is 0 Å². The first-order valence-corrected chi connectivity index (χ1v) is 6.54. The highest BCUT2D eigenvalue weighted by Crippen LogP contribution is 2.12. The average Bonchev–Trinajstić information content (AvgIpc) is 2.21. The van der Waals surface area contributed by atoms with Crippen molar-refractivity contribution in [2.75, 3.05) is 13.1 Å². The van der Waals surface area contributed by atoms with Gasteiger partial charge in [-0.15, -0.1) is 0 Å². The summed E-state index contributed by atoms with van der Waals surface area (Å²) in [6, 6.07) is 0.839.